The summed E-state index contributed by atoms with van der Waals surface area (Å²) < 4.78 is 24.8. The molecule has 1 fully saturated rings. The molecule has 1 rings (SSSR count). The van der Waals surface area contributed by atoms with Crippen LogP contribution in [0.25, 0.3) is 0 Å². The van der Waals surface area contributed by atoms with Crippen LogP contribution < -0.4 is 5.32 Å². The first-order chi connectivity index (χ1) is 31.9. The molecule has 7 nitrogen and oxygen atoms in total. The maximum atomic E-state index is 12.3. The van der Waals surface area contributed by atoms with Gasteiger partial charge in [-0.15, -0.1) is 0 Å². The molecule has 1 amide bonds. The van der Waals surface area contributed by atoms with Crippen molar-refractivity contribution in [1.29, 1.82) is 0 Å². The van der Waals surface area contributed by atoms with Crippen molar-refractivity contribution in [1.82, 2.24) is 10.2 Å². The van der Waals surface area contributed by atoms with Crippen LogP contribution in [0.3, 0.4) is 0 Å². The van der Waals surface area contributed by atoms with Crippen LogP contribution in [0.1, 0.15) is 291 Å². The minimum Gasteiger partial charge on any atom is -0.379 e. The zero-order valence-electron chi connectivity index (χ0n) is 44.8. The van der Waals surface area contributed by atoms with Crippen molar-refractivity contribution in [3.05, 3.63) is 0 Å². The number of hydrogen-bond donors (Lipinski definition) is 1. The number of carbonyl (C=O) groups excluding carboxylic acids is 1. The van der Waals surface area contributed by atoms with E-state index in [4.69, 9.17) is 18.9 Å². The number of carbonyl (C=O) groups is 1. The Balaban J connectivity index is 2.25. The molecule has 1 aliphatic heterocycles. The highest BCUT2D eigenvalue weighted by atomic mass is 16.7. The van der Waals surface area contributed by atoms with Crippen LogP contribution in [-0.2, 0) is 23.7 Å². The molecule has 0 spiro atoms. The maximum Gasteiger partial charge on any atom is 0.220 e. The Morgan fingerprint density at radius 2 is 0.954 bits per heavy atom. The van der Waals surface area contributed by atoms with Gasteiger partial charge in [-0.25, -0.2) is 0 Å². The predicted octanol–water partition coefficient (Wildman–Crippen LogP) is 16.9. The molecule has 1 N–H and O–H groups in total. The molecule has 1 heterocycles. The van der Waals surface area contributed by atoms with E-state index in [1.807, 2.05) is 0 Å². The van der Waals surface area contributed by atoms with Gasteiger partial charge in [0, 0.05) is 39.0 Å². The summed E-state index contributed by atoms with van der Waals surface area (Å²) in [4.78, 5) is 14.7. The van der Waals surface area contributed by atoms with E-state index >= 15 is 0 Å². The van der Waals surface area contributed by atoms with Gasteiger partial charge in [-0.3, -0.25) is 4.79 Å². The van der Waals surface area contributed by atoms with Crippen molar-refractivity contribution in [2.45, 2.75) is 303 Å². The third-order valence-electron chi connectivity index (χ3n) is 14.0. The van der Waals surface area contributed by atoms with Gasteiger partial charge in [-0.1, -0.05) is 227 Å². The van der Waals surface area contributed by atoms with Gasteiger partial charge in [-0.05, 0) is 64.5 Å². The van der Waals surface area contributed by atoms with Gasteiger partial charge in [0.05, 0.1) is 32.5 Å². The average Bonchev–Trinajstić information content (AvgIpc) is 3.71. The number of amides is 1. The Kier molecular flexibility index (Phi) is 46.3. The number of hydrogen-bond acceptors (Lipinski definition) is 6. The van der Waals surface area contributed by atoms with Crippen LogP contribution >= 0.6 is 0 Å². The van der Waals surface area contributed by atoms with E-state index in [0.29, 0.717) is 32.8 Å². The summed E-state index contributed by atoms with van der Waals surface area (Å²) in [5.74, 6) is 0.502. The quantitative estimate of drug-likeness (QED) is 0.0613. The minimum absolute atomic E-state index is 0.132. The van der Waals surface area contributed by atoms with E-state index in [0.717, 1.165) is 77.2 Å². The van der Waals surface area contributed by atoms with Crippen LogP contribution in [0.4, 0.5) is 0 Å². The summed E-state index contributed by atoms with van der Waals surface area (Å²) in [7, 11) is 2.24. The first kappa shape index (κ1) is 62.3. The molecule has 0 aromatic rings. The highest BCUT2D eigenvalue weighted by Crippen LogP contribution is 2.36. The molecular formula is C58H116N2O5. The maximum absolute atomic E-state index is 12.3. The van der Waals surface area contributed by atoms with Crippen LogP contribution in [0.2, 0.25) is 0 Å². The molecule has 65 heavy (non-hydrogen) atoms. The van der Waals surface area contributed by atoms with Crippen molar-refractivity contribution in [2.24, 2.45) is 5.92 Å². The Morgan fingerprint density at radius 3 is 1.40 bits per heavy atom. The van der Waals surface area contributed by atoms with Gasteiger partial charge >= 0.3 is 0 Å². The highest BCUT2D eigenvalue weighted by molar-refractivity contribution is 5.75. The lowest BCUT2D eigenvalue weighted by molar-refractivity contribution is -0.180. The topological polar surface area (TPSA) is 69.3 Å². The molecule has 0 aromatic heterocycles. The molecule has 0 aromatic carbocycles. The second kappa shape index (κ2) is 48.3. The molecule has 7 heteroatoms. The summed E-state index contributed by atoms with van der Waals surface area (Å²) in [6.07, 6.45) is 54.3. The van der Waals surface area contributed by atoms with Crippen molar-refractivity contribution < 1.29 is 23.7 Å². The van der Waals surface area contributed by atoms with E-state index in [-0.39, 0.29) is 17.8 Å². The molecule has 0 bridgehead atoms. The fourth-order valence-corrected chi connectivity index (χ4v) is 9.62. The predicted molar refractivity (Wildman–Crippen MR) is 281 cm³/mol. The smallest absolute Gasteiger partial charge is 0.220 e. The zero-order chi connectivity index (χ0) is 47.0. The number of rotatable bonds is 53. The van der Waals surface area contributed by atoms with Gasteiger partial charge in [0.25, 0.3) is 0 Å². The van der Waals surface area contributed by atoms with E-state index in [2.05, 4.69) is 45.0 Å². The summed E-state index contributed by atoms with van der Waals surface area (Å²) in [6, 6.07) is 0. The molecule has 0 radical (unpaired) electrons. The largest absolute Gasteiger partial charge is 0.379 e. The molecule has 1 atom stereocenters. The van der Waals surface area contributed by atoms with Gasteiger partial charge in [-0.2, -0.15) is 0 Å². The summed E-state index contributed by atoms with van der Waals surface area (Å²) in [5.41, 5.74) is 0. The van der Waals surface area contributed by atoms with Crippen LogP contribution in [0.5, 0.6) is 0 Å². The van der Waals surface area contributed by atoms with E-state index < -0.39 is 0 Å². The monoisotopic (exact) mass is 921 g/mol. The van der Waals surface area contributed by atoms with Crippen molar-refractivity contribution in [3.8, 4) is 0 Å². The summed E-state index contributed by atoms with van der Waals surface area (Å²) in [6.45, 7) is 15.1. The zero-order valence-corrected chi connectivity index (χ0v) is 44.8. The minimum atomic E-state index is -0.358. The van der Waals surface area contributed by atoms with Crippen LogP contribution in [0.15, 0.2) is 0 Å². The fourth-order valence-electron chi connectivity index (χ4n) is 9.62. The van der Waals surface area contributed by atoms with E-state index in [1.165, 1.54) is 212 Å². The Hall–Kier alpha value is -0.730. The normalized spacial score (nSPS) is 15.0. The standard InChI is InChI=1S/C58H116N2O5/c1-6-8-10-12-14-16-18-20-22-24-26-28-30-32-34-38-45-58(46-39-35-33-31-29-27-25-23-21-19-17-15-13-11-9-7-2)64-54-56(65-58)44-49-60(5)48-40-36-37-43-57(61)59-47-51-63-53-52-62-50-41-42-55(3)4/h55-56H,6-54H2,1-5H3,(H,59,61). The molecule has 388 valence electrons. The first-order valence-electron chi connectivity index (χ1n) is 29.3. The molecule has 1 saturated heterocycles. The lowest BCUT2D eigenvalue weighted by Crippen LogP contribution is -2.32. The van der Waals surface area contributed by atoms with Gasteiger partial charge in [0.15, 0.2) is 5.79 Å². The lowest BCUT2D eigenvalue weighted by atomic mass is 9.98. The van der Waals surface area contributed by atoms with Gasteiger partial charge in [0.2, 0.25) is 5.91 Å². The number of nitrogens with zero attached hydrogens (tertiary/aromatic N) is 1. The SMILES string of the molecule is CCCCCCCCCCCCCCCCCCC1(CCCCCCCCCCCCCCCCCC)OCC(CCN(C)CCCCCC(=O)NCCOCCOCCCC(C)C)O1. The van der Waals surface area contributed by atoms with Crippen molar-refractivity contribution in [2.75, 3.05) is 59.7 Å². The fraction of sp³-hybridized carbons (Fsp3) is 0.983. The third kappa shape index (κ3) is 43.1. The van der Waals surface area contributed by atoms with Crippen molar-refractivity contribution >= 4 is 5.91 Å². The molecular weight excluding hydrogens is 805 g/mol. The number of unbranched alkanes of at least 4 members (excludes halogenated alkanes) is 32. The second-order valence-electron chi connectivity index (χ2n) is 21.1. The van der Waals surface area contributed by atoms with E-state index in [9.17, 15) is 4.79 Å². The molecule has 1 unspecified atom stereocenters. The Labute approximate surface area is 406 Å². The Bertz CT molecular complexity index is 928. The highest BCUT2D eigenvalue weighted by Gasteiger charge is 2.40. The van der Waals surface area contributed by atoms with Crippen LogP contribution in [0, 0.1) is 5.92 Å². The average molecular weight is 922 g/mol. The molecule has 1 aliphatic rings. The second-order valence-corrected chi connectivity index (χ2v) is 21.1. The Morgan fingerprint density at radius 1 is 0.538 bits per heavy atom. The number of nitrogens with one attached hydrogen (secondary N) is 1. The summed E-state index contributed by atoms with van der Waals surface area (Å²) in [5, 5.41) is 3.00. The molecule has 0 aliphatic carbocycles. The lowest BCUT2D eigenvalue weighted by Gasteiger charge is -2.29. The van der Waals surface area contributed by atoms with E-state index in [1.54, 1.807) is 0 Å². The summed E-state index contributed by atoms with van der Waals surface area (Å²) >= 11 is 0. The first-order valence-corrected chi connectivity index (χ1v) is 29.3. The van der Waals surface area contributed by atoms with Crippen molar-refractivity contribution in [3.63, 3.8) is 0 Å². The molecule has 0 saturated carbocycles. The third-order valence-corrected chi connectivity index (χ3v) is 14.0. The van der Waals surface area contributed by atoms with Gasteiger partial charge in [0.1, 0.15) is 0 Å². The van der Waals surface area contributed by atoms with Gasteiger partial charge < -0.3 is 29.2 Å². The van der Waals surface area contributed by atoms with Crippen LogP contribution in [-0.4, -0.2) is 82.4 Å². The number of ether oxygens (including phenoxy) is 4.